The van der Waals surface area contributed by atoms with Crippen molar-refractivity contribution in [3.05, 3.63) is 46.6 Å². The van der Waals surface area contributed by atoms with Crippen molar-refractivity contribution in [2.75, 3.05) is 6.61 Å². The second-order valence-corrected chi connectivity index (χ2v) is 10.1. The summed E-state index contributed by atoms with van der Waals surface area (Å²) in [5.74, 6) is -1.37. The van der Waals surface area contributed by atoms with E-state index >= 15 is 0 Å². The first-order valence-corrected chi connectivity index (χ1v) is 12.6. The van der Waals surface area contributed by atoms with E-state index in [9.17, 15) is 18.0 Å². The lowest BCUT2D eigenvalue weighted by atomic mass is 10.1. The number of hydrogen-bond donors (Lipinski definition) is 0. The van der Waals surface area contributed by atoms with Crippen LogP contribution >= 0.6 is 23.2 Å². The number of ether oxygens (including phenoxy) is 3. The number of esters is 2. The number of nitrogens with zero attached hydrogens (tertiary/aromatic N) is 4. The molecule has 0 amide bonds. The number of carbonyl (C=O) groups is 2. The van der Waals surface area contributed by atoms with E-state index in [0.717, 1.165) is 12.5 Å². The molecule has 1 aliphatic rings. The van der Waals surface area contributed by atoms with Crippen molar-refractivity contribution < 1.29 is 36.4 Å². The molecule has 2 aromatic heterocycles. The first-order chi connectivity index (χ1) is 17.0. The van der Waals surface area contributed by atoms with Crippen LogP contribution in [-0.2, 0) is 38.1 Å². The van der Waals surface area contributed by atoms with Crippen molar-refractivity contribution in [1.82, 2.24) is 19.5 Å². The minimum atomic E-state index is -4.35. The maximum Gasteiger partial charge on any atom is 0.303 e. The number of imidazole rings is 1. The molecule has 0 saturated carbocycles. The molecule has 0 spiro atoms. The van der Waals surface area contributed by atoms with E-state index in [4.69, 9.17) is 41.6 Å². The van der Waals surface area contributed by atoms with Gasteiger partial charge < -0.3 is 14.2 Å². The SMILES string of the molecule is CC(=O)OC[C@H]1O[C@@H](n2cnc3c(Cl)nc(Cl)nc32)[C@H](OC(C)=O)[C@H]1OS(=O)(=O)c1ccc(C)cc1. The van der Waals surface area contributed by atoms with Crippen LogP contribution < -0.4 is 0 Å². The Labute approximate surface area is 215 Å². The van der Waals surface area contributed by atoms with E-state index in [0.29, 0.717) is 0 Å². The van der Waals surface area contributed by atoms with Gasteiger partial charge in [-0.15, -0.1) is 0 Å². The summed E-state index contributed by atoms with van der Waals surface area (Å²) in [6.45, 7) is 3.74. The molecule has 1 aromatic carbocycles. The summed E-state index contributed by atoms with van der Waals surface area (Å²) in [7, 11) is -4.35. The van der Waals surface area contributed by atoms with Crippen molar-refractivity contribution in [1.29, 1.82) is 0 Å². The van der Waals surface area contributed by atoms with Crippen LogP contribution in [0.25, 0.3) is 11.2 Å². The van der Waals surface area contributed by atoms with Gasteiger partial charge in [-0.05, 0) is 30.7 Å². The molecule has 3 aromatic rings. The Kier molecular flexibility index (Phi) is 7.48. The normalized spacial score (nSPS) is 22.0. The molecule has 0 radical (unpaired) electrons. The number of rotatable bonds is 7. The number of hydrogen-bond acceptors (Lipinski definition) is 11. The second kappa shape index (κ2) is 10.3. The molecule has 4 atom stereocenters. The molecule has 1 fully saturated rings. The fourth-order valence-corrected chi connectivity index (χ4v) is 5.18. The molecule has 0 N–H and O–H groups in total. The van der Waals surface area contributed by atoms with Gasteiger partial charge in [-0.3, -0.25) is 18.3 Å². The second-order valence-electron chi connectivity index (χ2n) is 7.88. The molecule has 0 aliphatic carbocycles. The molecule has 1 saturated heterocycles. The molecule has 12 nitrogen and oxygen atoms in total. The third-order valence-electron chi connectivity index (χ3n) is 5.21. The van der Waals surface area contributed by atoms with Crippen LogP contribution in [0.1, 0.15) is 25.6 Å². The monoisotopic (exact) mass is 558 g/mol. The summed E-state index contributed by atoms with van der Waals surface area (Å²) in [4.78, 5) is 35.5. The predicted molar refractivity (Wildman–Crippen MR) is 125 cm³/mol. The summed E-state index contributed by atoms with van der Waals surface area (Å²) in [6.07, 6.45) is -3.79. The Morgan fingerprint density at radius 1 is 1.08 bits per heavy atom. The molecule has 3 heterocycles. The summed E-state index contributed by atoms with van der Waals surface area (Å²) in [5.41, 5.74) is 1.16. The van der Waals surface area contributed by atoms with Gasteiger partial charge in [0.25, 0.3) is 10.1 Å². The zero-order valence-electron chi connectivity index (χ0n) is 19.1. The van der Waals surface area contributed by atoms with Crippen LogP contribution in [0.4, 0.5) is 0 Å². The predicted octanol–water partition coefficient (Wildman–Crippen LogP) is 2.61. The minimum absolute atomic E-state index is 0.0306. The van der Waals surface area contributed by atoms with Crippen molar-refractivity contribution in [2.24, 2.45) is 0 Å². The molecule has 1 aliphatic heterocycles. The third-order valence-corrected chi connectivity index (χ3v) is 6.97. The van der Waals surface area contributed by atoms with E-state index in [2.05, 4.69) is 15.0 Å². The average molecular weight is 559 g/mol. The largest absolute Gasteiger partial charge is 0.463 e. The Bertz CT molecular complexity index is 1410. The minimum Gasteiger partial charge on any atom is -0.463 e. The van der Waals surface area contributed by atoms with E-state index in [1.807, 2.05) is 0 Å². The Hall–Kier alpha value is -2.84. The quantitative estimate of drug-likeness (QED) is 0.182. The smallest absolute Gasteiger partial charge is 0.303 e. The number of benzene rings is 1. The summed E-state index contributed by atoms with van der Waals surface area (Å²) < 4.78 is 49.6. The van der Waals surface area contributed by atoms with Crippen molar-refractivity contribution in [3.8, 4) is 0 Å². The highest BCUT2D eigenvalue weighted by atomic mass is 35.5. The molecule has 36 heavy (non-hydrogen) atoms. The average Bonchev–Trinajstić information content (AvgIpc) is 3.34. The molecule has 0 bridgehead atoms. The lowest BCUT2D eigenvalue weighted by Gasteiger charge is -2.24. The van der Waals surface area contributed by atoms with Gasteiger partial charge in [0.15, 0.2) is 23.1 Å². The van der Waals surface area contributed by atoms with Gasteiger partial charge in [0.1, 0.15) is 24.3 Å². The first kappa shape index (κ1) is 26.2. The van der Waals surface area contributed by atoms with Gasteiger partial charge in [0, 0.05) is 13.8 Å². The summed E-state index contributed by atoms with van der Waals surface area (Å²) in [6, 6.07) is 5.97. The molecule has 4 rings (SSSR count). The Balaban J connectivity index is 1.77. The van der Waals surface area contributed by atoms with Gasteiger partial charge in [0.05, 0.1) is 11.2 Å². The molecular formula is C21H20Cl2N4O8S. The van der Waals surface area contributed by atoms with Crippen LogP contribution in [0, 0.1) is 6.92 Å². The molecule has 15 heteroatoms. The van der Waals surface area contributed by atoms with Gasteiger partial charge >= 0.3 is 11.9 Å². The van der Waals surface area contributed by atoms with Gasteiger partial charge in [-0.1, -0.05) is 29.3 Å². The highest BCUT2D eigenvalue weighted by Gasteiger charge is 2.52. The fraction of sp³-hybridized carbons (Fsp3) is 0.381. The van der Waals surface area contributed by atoms with Crippen LogP contribution in [0.3, 0.4) is 0 Å². The van der Waals surface area contributed by atoms with Crippen LogP contribution in [0.5, 0.6) is 0 Å². The van der Waals surface area contributed by atoms with Crippen molar-refractivity contribution in [3.63, 3.8) is 0 Å². The van der Waals surface area contributed by atoms with Crippen molar-refractivity contribution in [2.45, 2.75) is 50.2 Å². The lowest BCUT2D eigenvalue weighted by Crippen LogP contribution is -2.41. The van der Waals surface area contributed by atoms with Crippen LogP contribution in [0.2, 0.25) is 10.4 Å². The zero-order chi connectivity index (χ0) is 26.2. The topological polar surface area (TPSA) is 149 Å². The highest BCUT2D eigenvalue weighted by Crippen LogP contribution is 2.38. The lowest BCUT2D eigenvalue weighted by molar-refractivity contribution is -0.155. The number of aromatic nitrogens is 4. The van der Waals surface area contributed by atoms with Crippen LogP contribution in [0.15, 0.2) is 35.5 Å². The van der Waals surface area contributed by atoms with Crippen molar-refractivity contribution >= 4 is 56.4 Å². The van der Waals surface area contributed by atoms with Gasteiger partial charge in [-0.25, -0.2) is 9.97 Å². The molecule has 0 unspecified atom stereocenters. The van der Waals surface area contributed by atoms with Gasteiger partial charge in [-0.2, -0.15) is 13.4 Å². The summed E-state index contributed by atoms with van der Waals surface area (Å²) in [5, 5.41) is -0.209. The maximum absolute atomic E-state index is 13.1. The van der Waals surface area contributed by atoms with E-state index in [-0.39, 0.29) is 33.1 Å². The van der Waals surface area contributed by atoms with E-state index in [1.165, 1.54) is 30.0 Å². The third kappa shape index (κ3) is 5.44. The van der Waals surface area contributed by atoms with E-state index < -0.39 is 46.6 Å². The van der Waals surface area contributed by atoms with E-state index in [1.54, 1.807) is 19.1 Å². The standard InChI is InChI=1S/C21H20Cl2N4O8S/c1-10-4-6-13(7-5-10)36(30,31)35-16-14(8-32-11(2)28)34-20(17(16)33-12(3)29)27-9-24-15-18(22)25-21(23)26-19(15)27/h4-7,9,14,16-17,20H,8H2,1-3H3/t14-,16+,17-,20-/m1/s1. The maximum atomic E-state index is 13.1. The number of fused-ring (bicyclic) bond motifs is 1. The highest BCUT2D eigenvalue weighted by molar-refractivity contribution is 7.86. The summed E-state index contributed by atoms with van der Waals surface area (Å²) >= 11 is 12.1. The zero-order valence-corrected chi connectivity index (χ0v) is 21.5. The fourth-order valence-electron chi connectivity index (χ4n) is 3.65. The first-order valence-electron chi connectivity index (χ1n) is 10.5. The number of aryl methyl sites for hydroxylation is 1. The van der Waals surface area contributed by atoms with Crippen LogP contribution in [-0.4, -0.2) is 64.8 Å². The molecule has 192 valence electrons. The number of carbonyl (C=O) groups excluding carboxylic acids is 2. The Morgan fingerprint density at radius 2 is 1.78 bits per heavy atom. The Morgan fingerprint density at radius 3 is 2.42 bits per heavy atom. The number of halogens is 2. The van der Waals surface area contributed by atoms with Gasteiger partial charge in [0.2, 0.25) is 5.28 Å². The molecular weight excluding hydrogens is 539 g/mol.